The van der Waals surface area contributed by atoms with Crippen molar-refractivity contribution in [2.24, 2.45) is 5.41 Å². The maximum Gasteiger partial charge on any atom is 0.142 e. The number of nitrogens with one attached hydrogen (secondary N) is 1. The zero-order valence-electron chi connectivity index (χ0n) is 12.8. The van der Waals surface area contributed by atoms with Gasteiger partial charge >= 0.3 is 0 Å². The Hall–Kier alpha value is -1.24. The zero-order chi connectivity index (χ0) is 15.3. The summed E-state index contributed by atoms with van der Waals surface area (Å²) in [6.07, 6.45) is 4.20. The zero-order valence-corrected chi connectivity index (χ0v) is 13.5. The normalized spacial score (nSPS) is 14.8. The van der Waals surface area contributed by atoms with Gasteiger partial charge in [0.25, 0.3) is 0 Å². The molecular formula is C17H23ClN2O. The van der Waals surface area contributed by atoms with E-state index >= 15 is 0 Å². The van der Waals surface area contributed by atoms with E-state index < -0.39 is 0 Å². The van der Waals surface area contributed by atoms with Crippen LogP contribution in [0.2, 0.25) is 5.02 Å². The maximum absolute atomic E-state index is 9.01. The summed E-state index contributed by atoms with van der Waals surface area (Å²) in [7, 11) is 0. The Kier molecular flexibility index (Phi) is 5.50. The molecule has 1 aromatic carbocycles. The molecular weight excluding hydrogens is 284 g/mol. The molecule has 0 amide bonds. The van der Waals surface area contributed by atoms with Crippen LogP contribution in [0.25, 0.3) is 0 Å². The summed E-state index contributed by atoms with van der Waals surface area (Å²) in [4.78, 5) is 0. The highest BCUT2D eigenvalue weighted by molar-refractivity contribution is 6.32. The highest BCUT2D eigenvalue weighted by Crippen LogP contribution is 2.30. The van der Waals surface area contributed by atoms with Gasteiger partial charge in [-0.1, -0.05) is 23.7 Å². The summed E-state index contributed by atoms with van der Waals surface area (Å²) < 4.78 is 5.88. The topological polar surface area (TPSA) is 45.0 Å². The van der Waals surface area contributed by atoms with Crippen LogP contribution in [0.1, 0.15) is 45.1 Å². The van der Waals surface area contributed by atoms with Crippen molar-refractivity contribution in [3.8, 4) is 11.8 Å². The van der Waals surface area contributed by atoms with Crippen molar-refractivity contribution in [1.82, 2.24) is 5.32 Å². The molecule has 21 heavy (non-hydrogen) atoms. The Balaban J connectivity index is 1.87. The van der Waals surface area contributed by atoms with Crippen molar-refractivity contribution >= 4 is 11.6 Å². The van der Waals surface area contributed by atoms with Gasteiger partial charge in [-0.05, 0) is 45.6 Å². The summed E-state index contributed by atoms with van der Waals surface area (Å²) >= 11 is 6.25. The first-order valence-electron chi connectivity index (χ1n) is 7.57. The molecule has 4 heteroatoms. The average Bonchev–Trinajstić information content (AvgIpc) is 3.27. The molecule has 3 nitrogen and oxygen atoms in total. The summed E-state index contributed by atoms with van der Waals surface area (Å²) in [6.45, 7) is 5.29. The van der Waals surface area contributed by atoms with E-state index in [2.05, 4.69) is 17.5 Å². The van der Waals surface area contributed by atoms with Crippen LogP contribution in [0.3, 0.4) is 0 Å². The molecule has 1 fully saturated rings. The summed E-state index contributed by atoms with van der Waals surface area (Å²) in [5.74, 6) is 0.780. The van der Waals surface area contributed by atoms with Crippen LogP contribution >= 0.6 is 11.6 Å². The van der Waals surface area contributed by atoms with Gasteiger partial charge in [-0.25, -0.2) is 0 Å². The van der Waals surface area contributed by atoms with Crippen LogP contribution in [0.5, 0.6) is 5.75 Å². The van der Waals surface area contributed by atoms with E-state index in [1.165, 1.54) is 12.8 Å². The van der Waals surface area contributed by atoms with Gasteiger partial charge < -0.3 is 10.1 Å². The molecule has 0 heterocycles. The van der Waals surface area contributed by atoms with Gasteiger partial charge in [0.15, 0.2) is 0 Å². The van der Waals surface area contributed by atoms with Crippen molar-refractivity contribution in [2.75, 3.05) is 6.61 Å². The molecule has 1 N–H and O–H groups in total. The van der Waals surface area contributed by atoms with Crippen LogP contribution in [0, 0.1) is 16.7 Å². The number of hydrogen-bond acceptors (Lipinski definition) is 3. The van der Waals surface area contributed by atoms with E-state index in [4.69, 9.17) is 21.6 Å². The van der Waals surface area contributed by atoms with Gasteiger partial charge in [-0.15, -0.1) is 0 Å². The van der Waals surface area contributed by atoms with Crippen LogP contribution in [-0.2, 0) is 6.54 Å². The van der Waals surface area contributed by atoms with Crippen LogP contribution < -0.4 is 10.1 Å². The minimum absolute atomic E-state index is 0.291. The molecule has 0 bridgehead atoms. The van der Waals surface area contributed by atoms with E-state index in [0.717, 1.165) is 30.7 Å². The highest BCUT2D eigenvalue weighted by Gasteiger charge is 2.21. The monoisotopic (exact) mass is 306 g/mol. The second kappa shape index (κ2) is 7.15. The van der Waals surface area contributed by atoms with Crippen LogP contribution in [0.4, 0.5) is 0 Å². The fourth-order valence-electron chi connectivity index (χ4n) is 2.14. The SMILES string of the molecule is CC(C)(C#N)CCCOc1c(Cl)cccc1CNC1CC1. The predicted octanol–water partition coefficient (Wildman–Crippen LogP) is 4.30. The minimum atomic E-state index is -0.291. The van der Waals surface area contributed by atoms with Crippen LogP contribution in [-0.4, -0.2) is 12.6 Å². The Bertz CT molecular complexity index is 518. The largest absolute Gasteiger partial charge is 0.492 e. The lowest BCUT2D eigenvalue weighted by molar-refractivity contribution is 0.281. The maximum atomic E-state index is 9.01. The summed E-state index contributed by atoms with van der Waals surface area (Å²) in [5.41, 5.74) is 0.814. The molecule has 0 atom stereocenters. The van der Waals surface area contributed by atoms with Gasteiger partial charge in [0.05, 0.1) is 23.1 Å². The molecule has 0 saturated heterocycles. The standard InChI is InChI=1S/C17H23ClN2O/c1-17(2,12-19)9-4-10-21-16-13(5-3-6-15(16)18)11-20-14-7-8-14/h3,5-6,14,20H,4,7-11H2,1-2H3. The van der Waals surface area contributed by atoms with Crippen molar-refractivity contribution in [3.63, 3.8) is 0 Å². The van der Waals surface area contributed by atoms with Crippen molar-refractivity contribution in [1.29, 1.82) is 5.26 Å². The summed E-state index contributed by atoms with van der Waals surface area (Å²) in [5, 5.41) is 13.1. The number of rotatable bonds is 8. The number of halogens is 1. The molecule has 0 radical (unpaired) electrons. The Morgan fingerprint density at radius 2 is 2.19 bits per heavy atom. The Labute approximate surface area is 132 Å². The molecule has 1 saturated carbocycles. The first-order valence-corrected chi connectivity index (χ1v) is 7.94. The number of para-hydroxylation sites is 1. The second-order valence-electron chi connectivity index (χ2n) is 6.33. The molecule has 1 aromatic rings. The lowest BCUT2D eigenvalue weighted by Gasteiger charge is -2.17. The molecule has 114 valence electrons. The number of ether oxygens (including phenoxy) is 1. The smallest absolute Gasteiger partial charge is 0.142 e. The Morgan fingerprint density at radius 1 is 1.43 bits per heavy atom. The molecule has 1 aliphatic rings. The van der Waals surface area contributed by atoms with E-state index in [0.29, 0.717) is 17.7 Å². The van der Waals surface area contributed by atoms with Crippen LogP contribution in [0.15, 0.2) is 18.2 Å². The molecule has 0 spiro atoms. The lowest BCUT2D eigenvalue weighted by Crippen LogP contribution is -2.16. The molecule has 1 aliphatic carbocycles. The van der Waals surface area contributed by atoms with Gasteiger partial charge in [0.1, 0.15) is 5.75 Å². The summed E-state index contributed by atoms with van der Waals surface area (Å²) in [6, 6.07) is 8.84. The minimum Gasteiger partial charge on any atom is -0.492 e. The molecule has 0 aliphatic heterocycles. The van der Waals surface area contributed by atoms with E-state index in [1.807, 2.05) is 26.0 Å². The quantitative estimate of drug-likeness (QED) is 0.728. The van der Waals surface area contributed by atoms with E-state index in [-0.39, 0.29) is 5.41 Å². The van der Waals surface area contributed by atoms with Crippen molar-refractivity contribution in [2.45, 2.75) is 52.1 Å². The third kappa shape index (κ3) is 5.22. The van der Waals surface area contributed by atoms with Gasteiger partial charge in [0.2, 0.25) is 0 Å². The number of hydrogen-bond donors (Lipinski definition) is 1. The number of benzene rings is 1. The van der Waals surface area contributed by atoms with Gasteiger partial charge in [-0.3, -0.25) is 0 Å². The van der Waals surface area contributed by atoms with Gasteiger partial charge in [-0.2, -0.15) is 5.26 Å². The third-order valence-corrected chi connectivity index (χ3v) is 4.00. The predicted molar refractivity (Wildman–Crippen MR) is 85.4 cm³/mol. The number of nitrogens with zero attached hydrogens (tertiary/aromatic N) is 1. The molecule has 2 rings (SSSR count). The average molecular weight is 307 g/mol. The van der Waals surface area contributed by atoms with Gasteiger partial charge in [0, 0.05) is 18.2 Å². The third-order valence-electron chi connectivity index (χ3n) is 3.70. The fraction of sp³-hybridized carbons (Fsp3) is 0.588. The van der Waals surface area contributed by atoms with E-state index in [9.17, 15) is 0 Å². The Morgan fingerprint density at radius 3 is 2.86 bits per heavy atom. The first kappa shape index (κ1) is 16.1. The first-order chi connectivity index (χ1) is 10.0. The molecule has 0 aromatic heterocycles. The number of nitriles is 1. The fourth-order valence-corrected chi connectivity index (χ4v) is 2.39. The van der Waals surface area contributed by atoms with Crippen molar-refractivity contribution in [3.05, 3.63) is 28.8 Å². The molecule has 0 unspecified atom stereocenters. The lowest BCUT2D eigenvalue weighted by atomic mass is 9.90. The highest BCUT2D eigenvalue weighted by atomic mass is 35.5. The van der Waals surface area contributed by atoms with Crippen molar-refractivity contribution < 1.29 is 4.74 Å². The van der Waals surface area contributed by atoms with E-state index in [1.54, 1.807) is 0 Å². The second-order valence-corrected chi connectivity index (χ2v) is 6.74.